The monoisotopic (exact) mass is 171 g/mol. The van der Waals surface area contributed by atoms with Crippen LogP contribution < -0.4 is 5.73 Å². The van der Waals surface area contributed by atoms with Gasteiger partial charge in [-0.1, -0.05) is 20.3 Å². The van der Waals surface area contributed by atoms with E-state index in [-0.39, 0.29) is 6.10 Å². The molecule has 0 aliphatic heterocycles. The number of aliphatic hydroxyl groups is 1. The molecule has 2 nitrogen and oxygen atoms in total. The minimum Gasteiger partial charge on any atom is -0.392 e. The molecule has 72 valence electrons. The fourth-order valence-electron chi connectivity index (χ4n) is 1.98. The topological polar surface area (TPSA) is 46.2 Å². The molecular weight excluding hydrogens is 150 g/mol. The summed E-state index contributed by atoms with van der Waals surface area (Å²) in [7, 11) is 0. The highest BCUT2D eigenvalue weighted by Crippen LogP contribution is 2.43. The molecule has 0 aromatic heterocycles. The average molecular weight is 171 g/mol. The summed E-state index contributed by atoms with van der Waals surface area (Å²) in [6.45, 7) is 4.98. The Morgan fingerprint density at radius 1 is 1.58 bits per heavy atom. The Labute approximate surface area is 75.2 Å². The first-order chi connectivity index (χ1) is 5.70. The Bertz CT molecular complexity index is 138. The van der Waals surface area contributed by atoms with Crippen molar-refractivity contribution in [2.75, 3.05) is 6.54 Å². The van der Waals surface area contributed by atoms with Gasteiger partial charge in [-0.2, -0.15) is 0 Å². The van der Waals surface area contributed by atoms with Gasteiger partial charge in [-0.05, 0) is 37.1 Å². The predicted octanol–water partition coefficient (Wildman–Crippen LogP) is 1.38. The molecular formula is C10H21NO. The lowest BCUT2D eigenvalue weighted by Gasteiger charge is -2.20. The van der Waals surface area contributed by atoms with Crippen molar-refractivity contribution in [3.05, 3.63) is 0 Å². The average Bonchev–Trinajstić information content (AvgIpc) is 2.77. The SMILES string of the molecule is CCCC(CN)C(O)C1CC1C. The largest absolute Gasteiger partial charge is 0.392 e. The molecule has 3 N–H and O–H groups in total. The highest BCUT2D eigenvalue weighted by atomic mass is 16.3. The second kappa shape index (κ2) is 4.24. The highest BCUT2D eigenvalue weighted by Gasteiger charge is 2.41. The van der Waals surface area contributed by atoms with Gasteiger partial charge in [0, 0.05) is 0 Å². The van der Waals surface area contributed by atoms with E-state index in [0.717, 1.165) is 18.8 Å². The number of hydrogen-bond donors (Lipinski definition) is 2. The lowest BCUT2D eigenvalue weighted by molar-refractivity contribution is 0.0809. The summed E-state index contributed by atoms with van der Waals surface area (Å²) in [5, 5.41) is 9.87. The predicted molar refractivity (Wildman–Crippen MR) is 50.7 cm³/mol. The summed E-state index contributed by atoms with van der Waals surface area (Å²) >= 11 is 0. The molecule has 0 amide bonds. The third-order valence-electron chi connectivity index (χ3n) is 3.06. The van der Waals surface area contributed by atoms with Crippen LogP contribution in [0.2, 0.25) is 0 Å². The van der Waals surface area contributed by atoms with Crippen molar-refractivity contribution in [3.8, 4) is 0 Å². The van der Waals surface area contributed by atoms with Crippen molar-refractivity contribution in [2.45, 2.75) is 39.2 Å². The van der Waals surface area contributed by atoms with Gasteiger partial charge in [0.1, 0.15) is 0 Å². The van der Waals surface area contributed by atoms with Crippen LogP contribution in [0.15, 0.2) is 0 Å². The maximum atomic E-state index is 9.87. The first kappa shape index (κ1) is 10.0. The quantitative estimate of drug-likeness (QED) is 0.656. The van der Waals surface area contributed by atoms with E-state index < -0.39 is 0 Å². The Kier molecular flexibility index (Phi) is 3.53. The minimum absolute atomic E-state index is 0.134. The van der Waals surface area contributed by atoms with E-state index in [2.05, 4.69) is 13.8 Å². The van der Waals surface area contributed by atoms with Crippen molar-refractivity contribution < 1.29 is 5.11 Å². The molecule has 12 heavy (non-hydrogen) atoms. The van der Waals surface area contributed by atoms with Gasteiger partial charge < -0.3 is 10.8 Å². The fraction of sp³-hybridized carbons (Fsp3) is 1.00. The van der Waals surface area contributed by atoms with Crippen molar-refractivity contribution in [1.82, 2.24) is 0 Å². The van der Waals surface area contributed by atoms with Crippen LogP contribution in [0.5, 0.6) is 0 Å². The van der Waals surface area contributed by atoms with Crippen LogP contribution >= 0.6 is 0 Å². The van der Waals surface area contributed by atoms with Gasteiger partial charge in [0.05, 0.1) is 6.10 Å². The molecule has 1 rings (SSSR count). The maximum Gasteiger partial charge on any atom is 0.0611 e. The van der Waals surface area contributed by atoms with E-state index in [4.69, 9.17) is 5.73 Å². The van der Waals surface area contributed by atoms with Crippen LogP contribution in [-0.4, -0.2) is 17.8 Å². The summed E-state index contributed by atoms with van der Waals surface area (Å²) in [5.41, 5.74) is 5.61. The van der Waals surface area contributed by atoms with Gasteiger partial charge in [0.2, 0.25) is 0 Å². The zero-order valence-corrected chi connectivity index (χ0v) is 8.16. The Hall–Kier alpha value is -0.0800. The van der Waals surface area contributed by atoms with Crippen LogP contribution in [0.4, 0.5) is 0 Å². The molecule has 0 aromatic rings. The van der Waals surface area contributed by atoms with Crippen molar-refractivity contribution in [2.24, 2.45) is 23.5 Å². The zero-order valence-electron chi connectivity index (χ0n) is 8.16. The highest BCUT2D eigenvalue weighted by molar-refractivity contribution is 4.91. The normalized spacial score (nSPS) is 33.0. The number of nitrogens with two attached hydrogens (primary N) is 1. The fourth-order valence-corrected chi connectivity index (χ4v) is 1.98. The van der Waals surface area contributed by atoms with Crippen molar-refractivity contribution in [1.29, 1.82) is 0 Å². The molecule has 1 aliphatic rings. The first-order valence-electron chi connectivity index (χ1n) is 5.08. The molecule has 0 heterocycles. The van der Waals surface area contributed by atoms with E-state index >= 15 is 0 Å². The number of hydrogen-bond acceptors (Lipinski definition) is 2. The standard InChI is InChI=1S/C10H21NO/c1-3-4-8(6-11)10(12)9-5-7(9)2/h7-10,12H,3-6,11H2,1-2H3. The van der Waals surface area contributed by atoms with Crippen LogP contribution in [0, 0.1) is 17.8 Å². The van der Waals surface area contributed by atoms with Gasteiger partial charge in [-0.3, -0.25) is 0 Å². The van der Waals surface area contributed by atoms with E-state index in [1.807, 2.05) is 0 Å². The van der Waals surface area contributed by atoms with Crippen LogP contribution in [0.3, 0.4) is 0 Å². The van der Waals surface area contributed by atoms with Gasteiger partial charge in [-0.15, -0.1) is 0 Å². The van der Waals surface area contributed by atoms with Crippen molar-refractivity contribution >= 4 is 0 Å². The Morgan fingerprint density at radius 2 is 2.17 bits per heavy atom. The molecule has 4 atom stereocenters. The van der Waals surface area contributed by atoms with Gasteiger partial charge in [0.25, 0.3) is 0 Å². The molecule has 2 heteroatoms. The molecule has 4 unspecified atom stereocenters. The van der Waals surface area contributed by atoms with E-state index in [1.54, 1.807) is 0 Å². The third-order valence-corrected chi connectivity index (χ3v) is 3.06. The van der Waals surface area contributed by atoms with Gasteiger partial charge in [-0.25, -0.2) is 0 Å². The summed E-state index contributed by atoms with van der Waals surface area (Å²) in [6.07, 6.45) is 3.26. The lowest BCUT2D eigenvalue weighted by atomic mass is 9.93. The molecule has 1 fully saturated rings. The molecule has 0 spiro atoms. The Balaban J connectivity index is 2.31. The van der Waals surface area contributed by atoms with Crippen LogP contribution in [0.1, 0.15) is 33.1 Å². The second-order valence-corrected chi connectivity index (χ2v) is 4.15. The molecule has 1 aliphatic carbocycles. The summed E-state index contributed by atoms with van der Waals surface area (Å²) in [6, 6.07) is 0. The smallest absolute Gasteiger partial charge is 0.0611 e. The van der Waals surface area contributed by atoms with E-state index in [9.17, 15) is 5.11 Å². The zero-order chi connectivity index (χ0) is 9.14. The summed E-state index contributed by atoms with van der Waals surface area (Å²) in [4.78, 5) is 0. The number of rotatable bonds is 5. The molecule has 0 saturated heterocycles. The molecule has 0 bridgehead atoms. The first-order valence-corrected chi connectivity index (χ1v) is 5.08. The summed E-state index contributed by atoms with van der Waals surface area (Å²) < 4.78 is 0. The van der Waals surface area contributed by atoms with E-state index in [1.165, 1.54) is 6.42 Å². The third kappa shape index (κ3) is 2.20. The van der Waals surface area contributed by atoms with Gasteiger partial charge >= 0.3 is 0 Å². The molecule has 0 aromatic carbocycles. The van der Waals surface area contributed by atoms with Crippen LogP contribution in [0.25, 0.3) is 0 Å². The lowest BCUT2D eigenvalue weighted by Crippen LogP contribution is -2.29. The van der Waals surface area contributed by atoms with Gasteiger partial charge in [0.15, 0.2) is 0 Å². The second-order valence-electron chi connectivity index (χ2n) is 4.15. The molecule has 1 saturated carbocycles. The molecule has 0 radical (unpaired) electrons. The summed E-state index contributed by atoms with van der Waals surface area (Å²) in [5.74, 6) is 1.61. The minimum atomic E-state index is -0.134. The van der Waals surface area contributed by atoms with E-state index in [0.29, 0.717) is 18.4 Å². The number of aliphatic hydroxyl groups excluding tert-OH is 1. The maximum absolute atomic E-state index is 9.87. The van der Waals surface area contributed by atoms with Crippen LogP contribution in [-0.2, 0) is 0 Å². The van der Waals surface area contributed by atoms with Crippen molar-refractivity contribution in [3.63, 3.8) is 0 Å². The Morgan fingerprint density at radius 3 is 2.50 bits per heavy atom.